The molecule has 1 unspecified atom stereocenters. The van der Waals surface area contributed by atoms with E-state index in [2.05, 4.69) is 50.4 Å². The van der Waals surface area contributed by atoms with Gasteiger partial charge in [0.25, 0.3) is 0 Å². The van der Waals surface area contributed by atoms with Gasteiger partial charge in [-0.2, -0.15) is 11.8 Å². The lowest BCUT2D eigenvalue weighted by molar-refractivity contribution is 0.203. The lowest BCUT2D eigenvalue weighted by Gasteiger charge is -2.50. The minimum Gasteiger partial charge on any atom is -0.377 e. The largest absolute Gasteiger partial charge is 0.377 e. The van der Waals surface area contributed by atoms with Crippen LogP contribution in [0.4, 0.5) is 5.69 Å². The normalized spacial score (nSPS) is 26.9. The predicted octanol–water partition coefficient (Wildman–Crippen LogP) is 3.27. The Bertz CT molecular complexity index is 417. The van der Waals surface area contributed by atoms with E-state index in [1.807, 2.05) is 11.8 Å². The summed E-state index contributed by atoms with van der Waals surface area (Å²) >= 11 is 2.01. The summed E-state index contributed by atoms with van der Waals surface area (Å²) in [5.74, 6) is 2.33. The van der Waals surface area contributed by atoms with Crippen molar-refractivity contribution in [3.63, 3.8) is 0 Å². The molecule has 1 fully saturated rings. The number of hydrogen-bond acceptors (Lipinski definition) is 3. The Morgan fingerprint density at radius 2 is 2.06 bits per heavy atom. The van der Waals surface area contributed by atoms with E-state index in [0.717, 1.165) is 5.75 Å². The number of nitrogens with two attached hydrogens (primary N) is 1. The van der Waals surface area contributed by atoms with Gasteiger partial charge in [0.15, 0.2) is 0 Å². The van der Waals surface area contributed by atoms with E-state index in [9.17, 15) is 0 Å². The molecule has 100 valence electrons. The maximum Gasteiger partial charge on any atom is 0.0636 e. The lowest BCUT2D eigenvalue weighted by Crippen LogP contribution is -2.60. The molecule has 1 aliphatic rings. The monoisotopic (exact) mass is 264 g/mol. The Kier molecular flexibility index (Phi) is 3.93. The second kappa shape index (κ2) is 5.14. The van der Waals surface area contributed by atoms with Gasteiger partial charge in [0.05, 0.1) is 5.54 Å². The van der Waals surface area contributed by atoms with Gasteiger partial charge in [-0.05, 0) is 36.1 Å². The van der Waals surface area contributed by atoms with Gasteiger partial charge < -0.3 is 11.1 Å². The van der Waals surface area contributed by atoms with E-state index in [4.69, 9.17) is 5.73 Å². The van der Waals surface area contributed by atoms with Crippen molar-refractivity contribution in [2.75, 3.05) is 23.4 Å². The Morgan fingerprint density at radius 1 is 1.33 bits per heavy atom. The Morgan fingerprint density at radius 3 is 2.67 bits per heavy atom. The van der Waals surface area contributed by atoms with Crippen LogP contribution in [0.3, 0.4) is 0 Å². The highest BCUT2D eigenvalue weighted by atomic mass is 32.2. The van der Waals surface area contributed by atoms with E-state index in [1.54, 1.807) is 0 Å². The molecule has 3 heteroatoms. The summed E-state index contributed by atoms with van der Waals surface area (Å²) in [7, 11) is 0. The average molecular weight is 264 g/mol. The molecule has 0 spiro atoms. The molecule has 0 saturated carbocycles. The minimum atomic E-state index is 0.00201. The summed E-state index contributed by atoms with van der Waals surface area (Å²) in [6.07, 6.45) is 1.22. The van der Waals surface area contributed by atoms with Gasteiger partial charge in [-0.15, -0.1) is 0 Å². The first-order valence-electron chi connectivity index (χ1n) is 6.62. The number of benzene rings is 1. The van der Waals surface area contributed by atoms with Gasteiger partial charge in [0.1, 0.15) is 0 Å². The van der Waals surface area contributed by atoms with E-state index < -0.39 is 0 Å². The van der Waals surface area contributed by atoms with Crippen LogP contribution < -0.4 is 11.1 Å². The van der Waals surface area contributed by atoms with Crippen LogP contribution in [0.15, 0.2) is 24.3 Å². The van der Waals surface area contributed by atoms with Crippen LogP contribution in [0.25, 0.3) is 0 Å². The van der Waals surface area contributed by atoms with Crippen LogP contribution in [0, 0.1) is 12.3 Å². The van der Waals surface area contributed by atoms with Crippen molar-refractivity contribution in [1.82, 2.24) is 0 Å². The highest BCUT2D eigenvalue weighted by Gasteiger charge is 2.46. The van der Waals surface area contributed by atoms with Crippen molar-refractivity contribution in [3.8, 4) is 0 Å². The molecular formula is C15H24N2S. The Hall–Kier alpha value is -0.670. The van der Waals surface area contributed by atoms with E-state index in [1.165, 1.54) is 23.4 Å². The van der Waals surface area contributed by atoms with Crippen LogP contribution in [0.1, 0.15) is 25.8 Å². The molecule has 1 saturated heterocycles. The summed E-state index contributed by atoms with van der Waals surface area (Å²) in [5, 5.41) is 3.76. The molecule has 2 nitrogen and oxygen atoms in total. The van der Waals surface area contributed by atoms with Gasteiger partial charge >= 0.3 is 0 Å². The third-order valence-electron chi connectivity index (χ3n) is 4.38. The second-order valence-electron chi connectivity index (χ2n) is 5.91. The molecule has 0 amide bonds. The topological polar surface area (TPSA) is 38.0 Å². The maximum atomic E-state index is 6.14. The maximum absolute atomic E-state index is 6.14. The number of thioether (sulfide) groups is 1. The standard InChI is InChI=1S/C15H24N2S/c1-12-6-4-5-7-13(12)17-15(10-16)11-18-9-8-14(15,2)3/h4-7,17H,8-11,16H2,1-3H3. The van der Waals surface area contributed by atoms with Gasteiger partial charge in [-0.25, -0.2) is 0 Å². The quantitative estimate of drug-likeness (QED) is 0.880. The number of rotatable bonds is 3. The molecule has 3 N–H and O–H groups in total. The molecule has 1 aromatic carbocycles. The van der Waals surface area contributed by atoms with Gasteiger partial charge in [0, 0.05) is 18.0 Å². The van der Waals surface area contributed by atoms with E-state index in [-0.39, 0.29) is 11.0 Å². The lowest BCUT2D eigenvalue weighted by atomic mass is 9.70. The number of para-hydroxylation sites is 1. The van der Waals surface area contributed by atoms with Crippen molar-refractivity contribution in [2.24, 2.45) is 11.1 Å². The molecule has 1 heterocycles. The molecule has 1 aliphatic heterocycles. The number of hydrogen-bond donors (Lipinski definition) is 2. The average Bonchev–Trinajstić information content (AvgIpc) is 2.34. The zero-order valence-corrected chi connectivity index (χ0v) is 12.4. The van der Waals surface area contributed by atoms with E-state index >= 15 is 0 Å². The molecule has 2 rings (SSSR count). The van der Waals surface area contributed by atoms with Crippen LogP contribution in [-0.4, -0.2) is 23.6 Å². The summed E-state index contributed by atoms with van der Waals surface area (Å²) in [4.78, 5) is 0. The molecule has 0 aromatic heterocycles. The van der Waals surface area contributed by atoms with Gasteiger partial charge in [0.2, 0.25) is 0 Å². The second-order valence-corrected chi connectivity index (χ2v) is 7.02. The van der Waals surface area contributed by atoms with Crippen molar-refractivity contribution < 1.29 is 0 Å². The Labute approximate surface area is 115 Å². The SMILES string of the molecule is Cc1ccccc1NC1(CN)CSCCC1(C)C. The molecule has 0 aliphatic carbocycles. The first-order chi connectivity index (χ1) is 8.51. The van der Waals surface area contributed by atoms with Gasteiger partial charge in [-0.3, -0.25) is 0 Å². The third kappa shape index (κ3) is 2.39. The Balaban J connectivity index is 2.30. The summed E-state index contributed by atoms with van der Waals surface area (Å²) in [5.41, 5.74) is 8.88. The first kappa shape index (κ1) is 13.8. The zero-order valence-electron chi connectivity index (χ0n) is 11.6. The van der Waals surface area contributed by atoms with Crippen LogP contribution in [-0.2, 0) is 0 Å². The zero-order chi connectivity index (χ0) is 13.2. The van der Waals surface area contributed by atoms with Crippen LogP contribution in [0.5, 0.6) is 0 Å². The van der Waals surface area contributed by atoms with Gasteiger partial charge in [-0.1, -0.05) is 32.0 Å². The molecular weight excluding hydrogens is 240 g/mol. The molecule has 18 heavy (non-hydrogen) atoms. The molecule has 0 bridgehead atoms. The number of nitrogens with one attached hydrogen (secondary N) is 1. The predicted molar refractivity (Wildman–Crippen MR) is 82.3 cm³/mol. The summed E-state index contributed by atoms with van der Waals surface area (Å²) in [6, 6.07) is 8.47. The molecule has 0 radical (unpaired) electrons. The summed E-state index contributed by atoms with van der Waals surface area (Å²) < 4.78 is 0. The highest BCUT2D eigenvalue weighted by Crippen LogP contribution is 2.44. The smallest absolute Gasteiger partial charge is 0.0636 e. The van der Waals surface area contributed by atoms with Crippen molar-refractivity contribution in [3.05, 3.63) is 29.8 Å². The van der Waals surface area contributed by atoms with E-state index in [0.29, 0.717) is 6.54 Å². The van der Waals surface area contributed by atoms with Crippen molar-refractivity contribution in [1.29, 1.82) is 0 Å². The fourth-order valence-electron chi connectivity index (χ4n) is 2.57. The fourth-order valence-corrected chi connectivity index (χ4v) is 4.30. The van der Waals surface area contributed by atoms with Crippen molar-refractivity contribution >= 4 is 17.4 Å². The number of anilines is 1. The molecule has 1 atom stereocenters. The van der Waals surface area contributed by atoms with Crippen molar-refractivity contribution in [2.45, 2.75) is 32.7 Å². The summed E-state index contributed by atoms with van der Waals surface area (Å²) in [6.45, 7) is 7.51. The van der Waals surface area contributed by atoms with Crippen LogP contribution >= 0.6 is 11.8 Å². The minimum absolute atomic E-state index is 0.00201. The third-order valence-corrected chi connectivity index (χ3v) is 5.57. The number of aryl methyl sites for hydroxylation is 1. The van der Waals surface area contributed by atoms with Crippen LogP contribution in [0.2, 0.25) is 0 Å². The highest BCUT2D eigenvalue weighted by molar-refractivity contribution is 7.99. The first-order valence-corrected chi connectivity index (χ1v) is 7.78. The fraction of sp³-hybridized carbons (Fsp3) is 0.600. The molecule has 1 aromatic rings.